The number of furan rings is 2. The van der Waals surface area contributed by atoms with Crippen molar-refractivity contribution in [3.05, 3.63) is 95.8 Å². The van der Waals surface area contributed by atoms with E-state index < -0.39 is 0 Å². The Morgan fingerprint density at radius 2 is 1.14 bits per heavy atom. The van der Waals surface area contributed by atoms with E-state index in [4.69, 9.17) is 18.3 Å². The minimum atomic E-state index is -0.104. The zero-order valence-corrected chi connectivity index (χ0v) is 22.5. The number of benzene rings is 2. The van der Waals surface area contributed by atoms with Gasteiger partial charge in [0.2, 0.25) is 0 Å². The van der Waals surface area contributed by atoms with Gasteiger partial charge >= 0.3 is 19.5 Å². The average molecular weight is 526 g/mol. The normalized spacial score (nSPS) is 10.6. The van der Waals surface area contributed by atoms with Crippen LogP contribution in [-0.2, 0) is 32.6 Å². The number of aliphatic imine (C=N–C) groups is 2. The van der Waals surface area contributed by atoms with Gasteiger partial charge in [-0.25, -0.2) is 0 Å². The van der Waals surface area contributed by atoms with Crippen LogP contribution in [0, 0.1) is 0 Å². The van der Waals surface area contributed by atoms with Crippen LogP contribution in [0.4, 0.5) is 0 Å². The third-order valence-electron chi connectivity index (χ3n) is 4.56. The summed E-state index contributed by atoms with van der Waals surface area (Å²) in [7, 11) is 3.05. The predicted octanol–water partition coefficient (Wildman–Crippen LogP) is 3.96. The van der Waals surface area contributed by atoms with E-state index in [1.165, 1.54) is 26.4 Å². The molecule has 0 amide bonds. The molecule has 0 bridgehead atoms. The van der Waals surface area contributed by atoms with Crippen molar-refractivity contribution < 1.29 is 48.0 Å². The first-order valence-electron chi connectivity index (χ1n) is 10.3. The molecule has 0 fully saturated rings. The molecule has 8 nitrogen and oxygen atoms in total. The molecule has 0 aliphatic carbocycles. The molecule has 0 aliphatic rings. The standard InChI is InChI=1S/2C13H13NO3.Zn/c2*1-16-11-5-4-10(13(15)7-11)8-14-9-12-3-2-6-17-12;/h2*2-8,15H,9H2,1H3;/q;;+2/p-2. The van der Waals surface area contributed by atoms with Crippen molar-refractivity contribution in [2.75, 3.05) is 14.2 Å². The van der Waals surface area contributed by atoms with Crippen LogP contribution in [0.2, 0.25) is 0 Å². The van der Waals surface area contributed by atoms with Crippen LogP contribution in [0.15, 0.2) is 92.0 Å². The predicted molar refractivity (Wildman–Crippen MR) is 125 cm³/mol. The zero-order valence-electron chi connectivity index (χ0n) is 19.5. The number of hydrogen-bond acceptors (Lipinski definition) is 8. The Bertz CT molecular complexity index is 1110. The maximum absolute atomic E-state index is 11.6. The maximum Gasteiger partial charge on any atom is 2.00 e. The van der Waals surface area contributed by atoms with Crippen molar-refractivity contribution in [2.24, 2.45) is 9.98 Å². The van der Waals surface area contributed by atoms with Crippen LogP contribution >= 0.6 is 0 Å². The van der Waals surface area contributed by atoms with Crippen LogP contribution in [0.1, 0.15) is 22.6 Å². The minimum absolute atomic E-state index is 0. The van der Waals surface area contributed by atoms with E-state index in [0.717, 1.165) is 11.5 Å². The summed E-state index contributed by atoms with van der Waals surface area (Å²) >= 11 is 0. The van der Waals surface area contributed by atoms with Crippen LogP contribution in [0.5, 0.6) is 23.0 Å². The summed E-state index contributed by atoms with van der Waals surface area (Å²) in [5.41, 5.74) is 1.08. The first-order valence-corrected chi connectivity index (χ1v) is 10.3. The van der Waals surface area contributed by atoms with E-state index in [9.17, 15) is 10.2 Å². The summed E-state index contributed by atoms with van der Waals surface area (Å²) in [5, 5.41) is 23.2. The van der Waals surface area contributed by atoms with Gasteiger partial charge in [0.1, 0.15) is 23.0 Å². The summed E-state index contributed by atoms with van der Waals surface area (Å²) < 4.78 is 20.2. The summed E-state index contributed by atoms with van der Waals surface area (Å²) in [4.78, 5) is 8.28. The van der Waals surface area contributed by atoms with Gasteiger partial charge in [0, 0.05) is 12.4 Å². The Labute approximate surface area is 216 Å². The molecule has 0 saturated heterocycles. The second kappa shape index (κ2) is 14.4. The smallest absolute Gasteiger partial charge is 0.872 e. The van der Waals surface area contributed by atoms with Gasteiger partial charge in [-0.1, -0.05) is 23.6 Å². The molecule has 176 valence electrons. The van der Waals surface area contributed by atoms with Gasteiger partial charge < -0.3 is 28.5 Å². The number of nitrogens with zero attached hydrogens (tertiary/aromatic N) is 2. The molecule has 0 spiro atoms. The van der Waals surface area contributed by atoms with Crippen molar-refractivity contribution in [2.45, 2.75) is 13.1 Å². The Morgan fingerprint density at radius 3 is 1.46 bits per heavy atom. The van der Waals surface area contributed by atoms with Gasteiger partial charge in [-0.05, 0) is 59.7 Å². The average Bonchev–Trinajstić information content (AvgIpc) is 3.56. The van der Waals surface area contributed by atoms with E-state index in [1.807, 2.05) is 12.1 Å². The van der Waals surface area contributed by atoms with Crippen LogP contribution < -0.4 is 19.7 Å². The fraction of sp³-hybridized carbons (Fsp3) is 0.154. The van der Waals surface area contributed by atoms with Crippen molar-refractivity contribution in [1.82, 2.24) is 0 Å². The molecule has 0 atom stereocenters. The van der Waals surface area contributed by atoms with Gasteiger partial charge in [0.05, 0.1) is 39.8 Å². The molecular weight excluding hydrogens is 502 g/mol. The van der Waals surface area contributed by atoms with E-state index in [0.29, 0.717) is 35.7 Å². The Kier molecular flexibility index (Phi) is 11.3. The molecule has 4 rings (SSSR count). The summed E-state index contributed by atoms with van der Waals surface area (Å²) in [6, 6.07) is 17.0. The summed E-state index contributed by atoms with van der Waals surface area (Å²) in [6.07, 6.45) is 6.28. The quantitative estimate of drug-likeness (QED) is 0.254. The first kappa shape index (κ1) is 27.4. The Hall–Kier alpha value is -3.84. The van der Waals surface area contributed by atoms with E-state index in [2.05, 4.69) is 9.98 Å². The van der Waals surface area contributed by atoms with Crippen molar-refractivity contribution in [3.8, 4) is 23.0 Å². The summed E-state index contributed by atoms with van der Waals surface area (Å²) in [6.45, 7) is 0.858. The van der Waals surface area contributed by atoms with Crippen molar-refractivity contribution >= 4 is 12.4 Å². The maximum atomic E-state index is 11.6. The zero-order chi connectivity index (χ0) is 24.2. The largest absolute Gasteiger partial charge is 2.00 e. The molecule has 4 aromatic rings. The van der Waals surface area contributed by atoms with Crippen molar-refractivity contribution in [1.29, 1.82) is 0 Å². The molecular formula is C26H24N2O6Zn. The number of rotatable bonds is 8. The number of hydrogen-bond donors (Lipinski definition) is 0. The minimum Gasteiger partial charge on any atom is -0.872 e. The molecule has 35 heavy (non-hydrogen) atoms. The third kappa shape index (κ3) is 8.79. The van der Waals surface area contributed by atoms with Gasteiger partial charge in [0.15, 0.2) is 0 Å². The molecule has 0 radical (unpaired) electrons. The molecule has 2 aromatic heterocycles. The molecule has 2 aromatic carbocycles. The number of methoxy groups -OCH3 is 2. The fourth-order valence-electron chi connectivity index (χ4n) is 2.77. The van der Waals surface area contributed by atoms with Crippen LogP contribution in [0.3, 0.4) is 0 Å². The molecule has 0 saturated carbocycles. The van der Waals surface area contributed by atoms with Gasteiger partial charge in [-0.3, -0.25) is 9.98 Å². The Morgan fingerprint density at radius 1 is 0.714 bits per heavy atom. The number of ether oxygens (including phenoxy) is 2. The van der Waals surface area contributed by atoms with Gasteiger partial charge in [0.25, 0.3) is 0 Å². The monoisotopic (exact) mass is 524 g/mol. The van der Waals surface area contributed by atoms with E-state index in [1.54, 1.807) is 61.4 Å². The fourth-order valence-corrected chi connectivity index (χ4v) is 2.77. The topological polar surface area (TPSA) is 116 Å². The molecule has 2 heterocycles. The SMILES string of the molecule is COc1ccc(C=NCc2ccco2)c([O-])c1.COc1ccc(C=NCc2ccco2)c([O-])c1.[Zn+2]. The van der Waals surface area contributed by atoms with E-state index in [-0.39, 0.29) is 31.0 Å². The van der Waals surface area contributed by atoms with Crippen LogP contribution in [-0.4, -0.2) is 26.6 Å². The molecule has 0 aliphatic heterocycles. The van der Waals surface area contributed by atoms with Crippen LogP contribution in [0.25, 0.3) is 0 Å². The Balaban J connectivity index is 0.000000240. The van der Waals surface area contributed by atoms with E-state index >= 15 is 0 Å². The third-order valence-corrected chi connectivity index (χ3v) is 4.56. The second-order valence-electron chi connectivity index (χ2n) is 6.91. The molecule has 0 unspecified atom stereocenters. The van der Waals surface area contributed by atoms with Gasteiger partial charge in [-0.15, -0.1) is 0 Å². The van der Waals surface area contributed by atoms with Crippen molar-refractivity contribution in [3.63, 3.8) is 0 Å². The molecule has 0 N–H and O–H groups in total. The summed E-state index contributed by atoms with van der Waals surface area (Å²) in [5.74, 6) is 2.43. The van der Waals surface area contributed by atoms with Gasteiger partial charge in [-0.2, -0.15) is 0 Å². The first-order chi connectivity index (χ1) is 16.6. The molecule has 9 heteroatoms. The second-order valence-corrected chi connectivity index (χ2v) is 6.91.